The van der Waals surface area contributed by atoms with E-state index < -0.39 is 0 Å². The molecule has 0 unspecified atom stereocenters. The van der Waals surface area contributed by atoms with E-state index in [-0.39, 0.29) is 4.75 Å². The first-order valence-corrected chi connectivity index (χ1v) is 12.6. The van der Waals surface area contributed by atoms with E-state index in [4.69, 9.17) is 14.7 Å². The molecule has 1 saturated carbocycles. The van der Waals surface area contributed by atoms with Crippen LogP contribution in [0.25, 0.3) is 11.4 Å². The van der Waals surface area contributed by atoms with Gasteiger partial charge in [-0.25, -0.2) is 9.97 Å². The number of hydrogen-bond acceptors (Lipinski definition) is 7. The fourth-order valence-corrected chi connectivity index (χ4v) is 5.43. The molecule has 0 amide bonds. The lowest BCUT2D eigenvalue weighted by atomic mass is 10.0. The number of thioether (sulfide) groups is 1. The summed E-state index contributed by atoms with van der Waals surface area (Å²) in [5.41, 5.74) is 3.40. The van der Waals surface area contributed by atoms with Crippen molar-refractivity contribution in [3.8, 4) is 11.4 Å². The highest BCUT2D eigenvalue weighted by molar-refractivity contribution is 7.99. The minimum atomic E-state index is 0.117. The first kappa shape index (κ1) is 22.4. The second kappa shape index (κ2) is 10.2. The van der Waals surface area contributed by atoms with Crippen LogP contribution in [-0.4, -0.2) is 74.6 Å². The monoisotopic (exact) mass is 441 g/mol. The van der Waals surface area contributed by atoms with E-state index in [1.807, 2.05) is 11.8 Å². The molecule has 31 heavy (non-hydrogen) atoms. The standard InChI is InChI=1S/C24H35N5OS/c1-28(2)13-12-25-20-8-6-19(7-9-20)23-26-21(24(31-3)10-4-5-11-24)18-22(27-23)29-14-16-30-17-15-29/h6-9,18,25H,4-5,10-17H2,1-3H3. The minimum absolute atomic E-state index is 0.117. The summed E-state index contributed by atoms with van der Waals surface area (Å²) in [6.07, 6.45) is 7.18. The van der Waals surface area contributed by atoms with Crippen molar-refractivity contribution in [1.82, 2.24) is 14.9 Å². The summed E-state index contributed by atoms with van der Waals surface area (Å²) in [6, 6.07) is 10.8. The Morgan fingerprint density at radius 1 is 1.10 bits per heavy atom. The van der Waals surface area contributed by atoms with Gasteiger partial charge in [0.15, 0.2) is 5.82 Å². The molecule has 0 spiro atoms. The second-order valence-electron chi connectivity index (χ2n) is 8.75. The maximum Gasteiger partial charge on any atom is 0.161 e. The van der Waals surface area contributed by atoms with Gasteiger partial charge < -0.3 is 19.9 Å². The zero-order valence-corrected chi connectivity index (χ0v) is 19.9. The molecule has 1 aliphatic heterocycles. The van der Waals surface area contributed by atoms with E-state index in [0.29, 0.717) is 0 Å². The molecule has 168 valence electrons. The zero-order chi connectivity index (χ0) is 21.7. The van der Waals surface area contributed by atoms with E-state index in [0.717, 1.165) is 62.3 Å². The van der Waals surface area contributed by atoms with Gasteiger partial charge in [0.05, 0.1) is 23.7 Å². The molecule has 1 aromatic carbocycles. The van der Waals surface area contributed by atoms with Gasteiger partial charge in [0.1, 0.15) is 5.82 Å². The molecule has 2 aliphatic rings. The average molecular weight is 442 g/mol. The molecule has 2 heterocycles. The topological polar surface area (TPSA) is 53.5 Å². The van der Waals surface area contributed by atoms with Crippen LogP contribution in [0.5, 0.6) is 0 Å². The number of anilines is 2. The third-order valence-corrected chi connectivity index (χ3v) is 7.75. The highest BCUT2D eigenvalue weighted by Crippen LogP contribution is 2.48. The van der Waals surface area contributed by atoms with Gasteiger partial charge >= 0.3 is 0 Å². The third-order valence-electron chi connectivity index (χ3n) is 6.35. The number of hydrogen-bond donors (Lipinski definition) is 1. The van der Waals surface area contributed by atoms with Gasteiger partial charge in [-0.2, -0.15) is 11.8 Å². The van der Waals surface area contributed by atoms with E-state index in [1.165, 1.54) is 31.4 Å². The normalized spacial score (nSPS) is 18.5. The number of likely N-dealkylation sites (N-methyl/N-ethyl adjacent to an activating group) is 1. The molecule has 0 atom stereocenters. The van der Waals surface area contributed by atoms with Gasteiger partial charge in [-0.1, -0.05) is 12.8 Å². The Morgan fingerprint density at radius 3 is 2.45 bits per heavy atom. The summed E-state index contributed by atoms with van der Waals surface area (Å²) >= 11 is 1.96. The third kappa shape index (κ3) is 5.33. The van der Waals surface area contributed by atoms with Crippen LogP contribution in [0.4, 0.5) is 11.5 Å². The molecule has 2 fully saturated rings. The number of benzene rings is 1. The van der Waals surface area contributed by atoms with Crippen molar-refractivity contribution in [2.75, 3.05) is 70.0 Å². The Labute approximate surface area is 190 Å². The van der Waals surface area contributed by atoms with Gasteiger partial charge in [-0.15, -0.1) is 0 Å². The highest BCUT2D eigenvalue weighted by Gasteiger charge is 2.37. The molecule has 0 bridgehead atoms. The lowest BCUT2D eigenvalue weighted by Gasteiger charge is -2.31. The van der Waals surface area contributed by atoms with Crippen LogP contribution in [0, 0.1) is 0 Å². The Morgan fingerprint density at radius 2 is 1.81 bits per heavy atom. The quantitative estimate of drug-likeness (QED) is 0.662. The molecule has 1 aromatic heterocycles. The van der Waals surface area contributed by atoms with Crippen molar-refractivity contribution >= 4 is 23.3 Å². The number of aromatic nitrogens is 2. The average Bonchev–Trinajstić information content (AvgIpc) is 3.30. The fraction of sp³-hybridized carbons (Fsp3) is 0.583. The van der Waals surface area contributed by atoms with E-state index >= 15 is 0 Å². The SMILES string of the molecule is CSC1(c2cc(N3CCOCC3)nc(-c3ccc(NCCN(C)C)cc3)n2)CCCC1. The predicted octanol–water partition coefficient (Wildman–Crippen LogP) is 4.09. The van der Waals surface area contributed by atoms with Gasteiger partial charge in [0.25, 0.3) is 0 Å². The van der Waals surface area contributed by atoms with Crippen LogP contribution < -0.4 is 10.2 Å². The Balaban J connectivity index is 1.63. The molecular weight excluding hydrogens is 406 g/mol. The van der Waals surface area contributed by atoms with Crippen LogP contribution in [-0.2, 0) is 9.48 Å². The van der Waals surface area contributed by atoms with E-state index in [1.54, 1.807) is 0 Å². The Kier molecular flexibility index (Phi) is 7.35. The van der Waals surface area contributed by atoms with Crippen LogP contribution in [0.1, 0.15) is 31.4 Å². The van der Waals surface area contributed by atoms with Crippen LogP contribution >= 0.6 is 11.8 Å². The summed E-state index contributed by atoms with van der Waals surface area (Å²) in [5, 5.41) is 3.48. The predicted molar refractivity (Wildman–Crippen MR) is 131 cm³/mol. The Bertz CT molecular complexity index is 846. The van der Waals surface area contributed by atoms with Crippen molar-refractivity contribution in [3.63, 3.8) is 0 Å². The van der Waals surface area contributed by atoms with Gasteiger partial charge in [0, 0.05) is 43.5 Å². The summed E-state index contributed by atoms with van der Waals surface area (Å²) < 4.78 is 5.69. The van der Waals surface area contributed by atoms with Crippen molar-refractivity contribution in [2.24, 2.45) is 0 Å². The van der Waals surface area contributed by atoms with Crippen molar-refractivity contribution in [1.29, 1.82) is 0 Å². The molecule has 7 heteroatoms. The second-order valence-corrected chi connectivity index (χ2v) is 9.94. The molecule has 1 saturated heterocycles. The van der Waals surface area contributed by atoms with Crippen LogP contribution in [0.2, 0.25) is 0 Å². The number of nitrogens with zero attached hydrogens (tertiary/aromatic N) is 4. The van der Waals surface area contributed by atoms with Crippen molar-refractivity contribution < 1.29 is 4.74 Å². The van der Waals surface area contributed by atoms with E-state index in [9.17, 15) is 0 Å². The lowest BCUT2D eigenvalue weighted by molar-refractivity contribution is 0.122. The number of morpholine rings is 1. The first-order chi connectivity index (χ1) is 15.1. The molecule has 2 aromatic rings. The van der Waals surface area contributed by atoms with Gasteiger partial charge in [0.2, 0.25) is 0 Å². The summed E-state index contributed by atoms with van der Waals surface area (Å²) in [6.45, 7) is 5.22. The van der Waals surface area contributed by atoms with Crippen LogP contribution in [0.3, 0.4) is 0 Å². The molecule has 1 N–H and O–H groups in total. The minimum Gasteiger partial charge on any atom is -0.384 e. The summed E-state index contributed by atoms with van der Waals surface area (Å²) in [4.78, 5) is 14.6. The number of nitrogens with one attached hydrogen (secondary N) is 1. The van der Waals surface area contributed by atoms with Crippen molar-refractivity contribution in [2.45, 2.75) is 30.4 Å². The lowest BCUT2D eigenvalue weighted by Crippen LogP contribution is -2.37. The van der Waals surface area contributed by atoms with Gasteiger partial charge in [-0.3, -0.25) is 0 Å². The molecule has 1 aliphatic carbocycles. The molecular formula is C24H35N5OS. The van der Waals surface area contributed by atoms with Crippen molar-refractivity contribution in [3.05, 3.63) is 36.0 Å². The van der Waals surface area contributed by atoms with Crippen LogP contribution in [0.15, 0.2) is 30.3 Å². The van der Waals surface area contributed by atoms with E-state index in [2.05, 4.69) is 65.8 Å². The summed E-state index contributed by atoms with van der Waals surface area (Å²) in [7, 11) is 4.18. The van der Waals surface area contributed by atoms with Gasteiger partial charge in [-0.05, 0) is 57.5 Å². The molecule has 6 nitrogen and oxygen atoms in total. The zero-order valence-electron chi connectivity index (χ0n) is 19.1. The first-order valence-electron chi connectivity index (χ1n) is 11.4. The number of ether oxygens (including phenoxy) is 1. The molecule has 0 radical (unpaired) electrons. The maximum atomic E-state index is 5.57. The largest absolute Gasteiger partial charge is 0.384 e. The fourth-order valence-electron chi connectivity index (χ4n) is 4.42. The smallest absolute Gasteiger partial charge is 0.161 e. The Hall–Kier alpha value is -1.83. The summed E-state index contributed by atoms with van der Waals surface area (Å²) in [5.74, 6) is 1.87. The maximum absolute atomic E-state index is 5.57. The molecule has 4 rings (SSSR count). The highest BCUT2D eigenvalue weighted by atomic mass is 32.2. The number of rotatable bonds is 8.